The Balaban J connectivity index is 2.27. The third-order valence-corrected chi connectivity index (χ3v) is 2.96. The van der Waals surface area contributed by atoms with Crippen LogP contribution in [0, 0.1) is 6.57 Å². The number of hydrogen-bond donors (Lipinski definition) is 0. The van der Waals surface area contributed by atoms with Gasteiger partial charge in [-0.25, -0.2) is 0 Å². The van der Waals surface area contributed by atoms with Crippen molar-refractivity contribution in [2.45, 2.75) is 18.2 Å². The highest BCUT2D eigenvalue weighted by molar-refractivity contribution is 8.14. The van der Waals surface area contributed by atoms with E-state index in [-0.39, 0.29) is 6.04 Å². The number of nitrogens with zero attached hydrogens (tertiary/aromatic N) is 3. The average Bonchev–Trinajstić information content (AvgIpc) is 2.45. The molecule has 4 heteroatoms. The molecule has 3 nitrogen and oxygen atoms in total. The van der Waals surface area contributed by atoms with Gasteiger partial charge in [-0.3, -0.25) is 4.99 Å². The fraction of sp³-hybridized carbons (Fsp3) is 0.571. The van der Waals surface area contributed by atoms with Crippen molar-refractivity contribution < 1.29 is 0 Å². The topological polar surface area (TPSA) is 29.1 Å². The minimum Gasteiger partial charge on any atom is -0.363 e. The highest BCUT2D eigenvalue weighted by Gasteiger charge is 2.38. The average molecular weight is 165 g/mol. The van der Waals surface area contributed by atoms with Crippen molar-refractivity contribution >= 4 is 22.6 Å². The SMILES string of the molecule is [C-]#[N+]C1=NCC2SC(C)=NC12. The van der Waals surface area contributed by atoms with Crippen LogP contribution in [0.5, 0.6) is 0 Å². The van der Waals surface area contributed by atoms with Crippen LogP contribution in [-0.4, -0.2) is 28.7 Å². The van der Waals surface area contributed by atoms with Crippen molar-refractivity contribution in [1.82, 2.24) is 0 Å². The fourth-order valence-electron chi connectivity index (χ4n) is 1.33. The Morgan fingerprint density at radius 3 is 3.27 bits per heavy atom. The molecule has 0 aromatic rings. The molecule has 0 amide bonds. The molecule has 2 atom stereocenters. The summed E-state index contributed by atoms with van der Waals surface area (Å²) in [5.41, 5.74) is 0. The molecule has 0 aromatic heterocycles. The zero-order valence-corrected chi connectivity index (χ0v) is 6.93. The Hall–Kier alpha value is -0.820. The van der Waals surface area contributed by atoms with Gasteiger partial charge in [0, 0.05) is 0 Å². The van der Waals surface area contributed by atoms with Gasteiger partial charge in [-0.1, -0.05) is 6.57 Å². The van der Waals surface area contributed by atoms with E-state index < -0.39 is 0 Å². The molecule has 0 saturated heterocycles. The number of amidine groups is 1. The smallest absolute Gasteiger partial charge is 0.266 e. The summed E-state index contributed by atoms with van der Waals surface area (Å²) in [6, 6.07) is 0.0810. The number of thioether (sulfide) groups is 1. The Morgan fingerprint density at radius 2 is 2.55 bits per heavy atom. The number of rotatable bonds is 0. The number of aliphatic imine (C=N–C) groups is 2. The van der Waals surface area contributed by atoms with Crippen LogP contribution < -0.4 is 0 Å². The highest BCUT2D eigenvalue weighted by atomic mass is 32.2. The van der Waals surface area contributed by atoms with Gasteiger partial charge in [0.05, 0.1) is 10.3 Å². The summed E-state index contributed by atoms with van der Waals surface area (Å²) < 4.78 is 0. The van der Waals surface area contributed by atoms with Crippen LogP contribution in [-0.2, 0) is 0 Å². The molecule has 11 heavy (non-hydrogen) atoms. The molecule has 0 radical (unpaired) electrons. The first kappa shape index (κ1) is 6.86. The van der Waals surface area contributed by atoms with E-state index in [0.717, 1.165) is 11.6 Å². The van der Waals surface area contributed by atoms with Crippen LogP contribution in [0.1, 0.15) is 6.92 Å². The molecule has 0 bridgehead atoms. The van der Waals surface area contributed by atoms with E-state index in [1.807, 2.05) is 6.92 Å². The molecule has 0 aromatic carbocycles. The molecule has 0 spiro atoms. The summed E-state index contributed by atoms with van der Waals surface area (Å²) >= 11 is 1.75. The first-order valence-corrected chi connectivity index (χ1v) is 4.32. The normalized spacial score (nSPS) is 34.2. The van der Waals surface area contributed by atoms with Crippen molar-refractivity contribution in [3.8, 4) is 0 Å². The maximum absolute atomic E-state index is 6.83. The largest absolute Gasteiger partial charge is 0.363 e. The zero-order valence-electron chi connectivity index (χ0n) is 6.11. The fourth-order valence-corrected chi connectivity index (χ4v) is 2.41. The lowest BCUT2D eigenvalue weighted by molar-refractivity contribution is 0.862. The maximum Gasteiger partial charge on any atom is 0.266 e. The van der Waals surface area contributed by atoms with E-state index >= 15 is 0 Å². The first-order valence-electron chi connectivity index (χ1n) is 3.44. The van der Waals surface area contributed by atoms with E-state index in [1.54, 1.807) is 11.8 Å². The van der Waals surface area contributed by atoms with Gasteiger partial charge in [-0.05, 0) is 6.92 Å². The quantitative estimate of drug-likeness (QED) is 0.496. The van der Waals surface area contributed by atoms with E-state index in [0.29, 0.717) is 11.1 Å². The molecule has 56 valence electrons. The molecule has 2 unspecified atom stereocenters. The Kier molecular flexibility index (Phi) is 1.46. The molecule has 2 aliphatic rings. The van der Waals surface area contributed by atoms with Crippen molar-refractivity contribution in [2.75, 3.05) is 6.54 Å². The lowest BCUT2D eigenvalue weighted by Gasteiger charge is -2.01. The molecule has 2 heterocycles. The summed E-state index contributed by atoms with van der Waals surface area (Å²) in [5, 5.41) is 1.52. The Labute approximate surface area is 69.4 Å². The Morgan fingerprint density at radius 1 is 1.73 bits per heavy atom. The van der Waals surface area contributed by atoms with Gasteiger partial charge in [0.25, 0.3) is 5.84 Å². The molecule has 0 N–H and O–H groups in total. The van der Waals surface area contributed by atoms with E-state index in [2.05, 4.69) is 14.8 Å². The third-order valence-electron chi connectivity index (χ3n) is 1.81. The van der Waals surface area contributed by atoms with Gasteiger partial charge >= 0.3 is 0 Å². The van der Waals surface area contributed by atoms with Crippen molar-refractivity contribution in [1.29, 1.82) is 0 Å². The van der Waals surface area contributed by atoms with Gasteiger partial charge in [-0.15, -0.1) is 11.8 Å². The highest BCUT2D eigenvalue weighted by Crippen LogP contribution is 2.31. The molecule has 0 saturated carbocycles. The van der Waals surface area contributed by atoms with Crippen molar-refractivity contribution in [3.05, 3.63) is 11.4 Å². The third kappa shape index (κ3) is 0.962. The summed E-state index contributed by atoms with van der Waals surface area (Å²) in [6.07, 6.45) is 0. The van der Waals surface area contributed by atoms with Crippen LogP contribution >= 0.6 is 11.8 Å². The minimum absolute atomic E-state index is 0.0810. The Bertz CT molecular complexity index is 287. The van der Waals surface area contributed by atoms with Gasteiger partial charge < -0.3 is 4.85 Å². The second kappa shape index (κ2) is 2.35. The molecule has 0 fully saturated rings. The van der Waals surface area contributed by atoms with Crippen LogP contribution in [0.2, 0.25) is 0 Å². The molecule has 2 rings (SSSR count). The summed E-state index contributed by atoms with van der Waals surface area (Å²) in [5.74, 6) is 0.597. The zero-order chi connectivity index (χ0) is 7.84. The van der Waals surface area contributed by atoms with Crippen LogP contribution in [0.4, 0.5) is 0 Å². The van der Waals surface area contributed by atoms with E-state index in [9.17, 15) is 0 Å². The van der Waals surface area contributed by atoms with Crippen LogP contribution in [0.15, 0.2) is 9.98 Å². The predicted octanol–water partition coefficient (Wildman–Crippen LogP) is 1.22. The molecular formula is C7H7N3S. The van der Waals surface area contributed by atoms with Gasteiger partial charge in [0.2, 0.25) is 0 Å². The minimum atomic E-state index is 0.0810. The lowest BCUT2D eigenvalue weighted by atomic mass is 10.2. The van der Waals surface area contributed by atoms with Gasteiger partial charge in [0.15, 0.2) is 0 Å². The number of hydrogen-bond acceptors (Lipinski definition) is 3. The van der Waals surface area contributed by atoms with E-state index in [4.69, 9.17) is 6.57 Å². The monoisotopic (exact) mass is 165 g/mol. The second-order valence-corrected chi connectivity index (χ2v) is 3.99. The second-order valence-electron chi connectivity index (χ2n) is 2.56. The molecule has 2 aliphatic heterocycles. The number of fused-ring (bicyclic) bond motifs is 1. The van der Waals surface area contributed by atoms with Crippen molar-refractivity contribution in [3.63, 3.8) is 0 Å². The maximum atomic E-state index is 6.83. The molecular weight excluding hydrogens is 158 g/mol. The van der Waals surface area contributed by atoms with Crippen molar-refractivity contribution in [2.24, 2.45) is 9.98 Å². The first-order chi connectivity index (χ1) is 5.31. The summed E-state index contributed by atoms with van der Waals surface area (Å²) in [7, 11) is 0. The standard InChI is InChI=1S/C7H7N3S/c1-4-10-6-5(11-4)3-9-7(6)8-2/h5-6H,3H2,1H3. The van der Waals surface area contributed by atoms with Gasteiger partial charge in [-0.2, -0.15) is 4.99 Å². The summed E-state index contributed by atoms with van der Waals surface area (Å²) in [4.78, 5) is 11.8. The van der Waals surface area contributed by atoms with E-state index in [1.165, 1.54) is 0 Å². The predicted molar refractivity (Wildman–Crippen MR) is 47.2 cm³/mol. The van der Waals surface area contributed by atoms with Crippen LogP contribution in [0.3, 0.4) is 0 Å². The lowest BCUT2D eigenvalue weighted by Crippen LogP contribution is -2.19. The summed E-state index contributed by atoms with van der Waals surface area (Å²) in [6.45, 7) is 9.60. The van der Waals surface area contributed by atoms with Gasteiger partial charge in [0.1, 0.15) is 12.6 Å². The molecule has 0 aliphatic carbocycles. The van der Waals surface area contributed by atoms with Crippen LogP contribution in [0.25, 0.3) is 4.85 Å².